The van der Waals surface area contributed by atoms with E-state index in [0.29, 0.717) is 12.8 Å². The van der Waals surface area contributed by atoms with Crippen LogP contribution in [0, 0.1) is 0 Å². The number of rotatable bonds is 4. The van der Waals surface area contributed by atoms with Crippen molar-refractivity contribution in [2.45, 2.75) is 12.8 Å². The van der Waals surface area contributed by atoms with Crippen molar-refractivity contribution in [2.75, 3.05) is 12.3 Å². The van der Waals surface area contributed by atoms with Crippen LogP contribution >= 0.6 is 0 Å². The fourth-order valence-corrected chi connectivity index (χ4v) is 1.03. The Kier molecular flexibility index (Phi) is 3.76. The summed E-state index contributed by atoms with van der Waals surface area (Å²) in [6.45, 7) is 0.273. The van der Waals surface area contributed by atoms with E-state index in [-0.39, 0.29) is 12.3 Å². The summed E-state index contributed by atoms with van der Waals surface area (Å²) in [6.07, 6.45) is 1.11. The molecule has 0 saturated carbocycles. The zero-order chi connectivity index (χ0) is 7.33. The standard InChI is InChI=1S/C4H11N2O2S/c5-3-1-2-4-9(6,7)8/h5H,1-4H2,(H2,6,7,8). The third-order valence-electron chi connectivity index (χ3n) is 0.856. The van der Waals surface area contributed by atoms with Gasteiger partial charge in [0.05, 0.1) is 5.75 Å². The smallest absolute Gasteiger partial charge is 0.209 e. The van der Waals surface area contributed by atoms with E-state index in [4.69, 9.17) is 5.73 Å². The second kappa shape index (κ2) is 3.81. The molecule has 3 N–H and O–H groups in total. The van der Waals surface area contributed by atoms with Crippen molar-refractivity contribution < 1.29 is 8.42 Å². The number of sulfonamides is 1. The molecule has 0 rings (SSSR count). The summed E-state index contributed by atoms with van der Waals surface area (Å²) in [5, 5.41) is 4.69. The summed E-state index contributed by atoms with van der Waals surface area (Å²) in [6, 6.07) is 0. The fourth-order valence-electron chi connectivity index (χ4n) is 0.428. The number of unbranched alkanes of at least 4 members (excludes halogenated alkanes) is 1. The zero-order valence-corrected chi connectivity index (χ0v) is 5.95. The second-order valence-electron chi connectivity index (χ2n) is 1.82. The summed E-state index contributed by atoms with van der Waals surface area (Å²) in [5.74, 6) is 0.00583. The van der Waals surface area contributed by atoms with Crippen molar-refractivity contribution in [1.29, 1.82) is 0 Å². The predicted octanol–water partition coefficient (Wildman–Crippen LogP) is -0.662. The van der Waals surface area contributed by atoms with Crippen molar-refractivity contribution in [3.05, 3.63) is 0 Å². The van der Waals surface area contributed by atoms with Crippen LogP contribution in [-0.2, 0) is 10.0 Å². The SMILES string of the molecule is [NH]CCCCS(N)(=O)=O. The highest BCUT2D eigenvalue weighted by Crippen LogP contribution is 1.89. The lowest BCUT2D eigenvalue weighted by atomic mass is 10.3. The first-order valence-electron chi connectivity index (χ1n) is 2.71. The molecule has 1 radical (unpaired) electrons. The molecule has 0 saturated heterocycles. The fraction of sp³-hybridized carbons (Fsp3) is 1.00. The molecule has 9 heavy (non-hydrogen) atoms. The molecule has 5 heteroatoms. The van der Waals surface area contributed by atoms with Crippen molar-refractivity contribution in [1.82, 2.24) is 5.73 Å². The molecule has 0 heterocycles. The Morgan fingerprint density at radius 1 is 1.33 bits per heavy atom. The van der Waals surface area contributed by atoms with Gasteiger partial charge in [0.15, 0.2) is 0 Å². The molecule has 0 aromatic rings. The number of nitrogens with two attached hydrogens (primary N) is 1. The van der Waals surface area contributed by atoms with Crippen molar-refractivity contribution in [2.24, 2.45) is 5.14 Å². The molecule has 0 spiro atoms. The normalized spacial score (nSPS) is 11.8. The minimum absolute atomic E-state index is 0.00583. The van der Waals surface area contributed by atoms with Gasteiger partial charge in [-0.2, -0.15) is 0 Å². The summed E-state index contributed by atoms with van der Waals surface area (Å²) >= 11 is 0. The maximum Gasteiger partial charge on any atom is 0.209 e. The van der Waals surface area contributed by atoms with Crippen LogP contribution in [0.15, 0.2) is 0 Å². The average Bonchev–Trinajstić information content (AvgIpc) is 1.63. The van der Waals surface area contributed by atoms with E-state index >= 15 is 0 Å². The van der Waals surface area contributed by atoms with Gasteiger partial charge < -0.3 is 0 Å². The van der Waals surface area contributed by atoms with E-state index in [0.717, 1.165) is 0 Å². The summed E-state index contributed by atoms with van der Waals surface area (Å²) in [5.41, 5.74) is 6.67. The van der Waals surface area contributed by atoms with Gasteiger partial charge in [-0.25, -0.2) is 13.6 Å². The van der Waals surface area contributed by atoms with Gasteiger partial charge in [-0.05, 0) is 12.8 Å². The predicted molar refractivity (Wildman–Crippen MR) is 35.2 cm³/mol. The Hall–Kier alpha value is -0.130. The highest BCUT2D eigenvalue weighted by Gasteiger charge is 1.99. The van der Waals surface area contributed by atoms with Crippen LogP contribution in [0.25, 0.3) is 0 Å². The summed E-state index contributed by atoms with van der Waals surface area (Å²) in [7, 11) is -3.28. The average molecular weight is 151 g/mol. The zero-order valence-electron chi connectivity index (χ0n) is 5.13. The molecule has 0 aliphatic heterocycles. The van der Waals surface area contributed by atoms with E-state index in [1.807, 2.05) is 0 Å². The minimum Gasteiger partial charge on any atom is -0.258 e. The Morgan fingerprint density at radius 2 is 1.89 bits per heavy atom. The minimum atomic E-state index is -3.28. The molecule has 4 nitrogen and oxygen atoms in total. The van der Waals surface area contributed by atoms with Gasteiger partial charge in [-0.15, -0.1) is 0 Å². The molecule has 0 atom stereocenters. The Labute approximate surface area is 55.3 Å². The Bertz CT molecular complexity index is 152. The van der Waals surface area contributed by atoms with Gasteiger partial charge in [0.1, 0.15) is 0 Å². The summed E-state index contributed by atoms with van der Waals surface area (Å²) in [4.78, 5) is 0. The first-order valence-corrected chi connectivity index (χ1v) is 4.43. The Balaban J connectivity index is 3.30. The third kappa shape index (κ3) is 7.87. The lowest BCUT2D eigenvalue weighted by Gasteiger charge is -1.93. The van der Waals surface area contributed by atoms with Crippen LogP contribution < -0.4 is 10.9 Å². The van der Waals surface area contributed by atoms with Crippen LogP contribution in [0.4, 0.5) is 0 Å². The highest BCUT2D eigenvalue weighted by molar-refractivity contribution is 7.89. The van der Waals surface area contributed by atoms with Gasteiger partial charge in [0, 0.05) is 6.54 Å². The van der Waals surface area contributed by atoms with Gasteiger partial charge in [0.2, 0.25) is 10.0 Å². The largest absolute Gasteiger partial charge is 0.258 e. The molecule has 0 unspecified atom stereocenters. The molecule has 0 aromatic heterocycles. The van der Waals surface area contributed by atoms with E-state index in [1.54, 1.807) is 0 Å². The lowest BCUT2D eigenvalue weighted by Crippen LogP contribution is -2.16. The van der Waals surface area contributed by atoms with Gasteiger partial charge >= 0.3 is 0 Å². The molecule has 0 aromatic carbocycles. The Morgan fingerprint density at radius 3 is 2.22 bits per heavy atom. The monoisotopic (exact) mass is 151 g/mol. The van der Waals surface area contributed by atoms with Crippen LogP contribution in [0.1, 0.15) is 12.8 Å². The molecule has 0 fully saturated rings. The van der Waals surface area contributed by atoms with Gasteiger partial charge in [0.25, 0.3) is 0 Å². The number of primary sulfonamides is 1. The molecule has 0 amide bonds. The number of nitrogens with one attached hydrogen (secondary N) is 1. The van der Waals surface area contributed by atoms with E-state index in [9.17, 15) is 8.42 Å². The summed E-state index contributed by atoms with van der Waals surface area (Å²) < 4.78 is 20.4. The van der Waals surface area contributed by atoms with Crippen molar-refractivity contribution in [3.63, 3.8) is 0 Å². The molecule has 0 aliphatic carbocycles. The van der Waals surface area contributed by atoms with Crippen LogP contribution in [-0.4, -0.2) is 20.7 Å². The van der Waals surface area contributed by atoms with Crippen LogP contribution in [0.5, 0.6) is 0 Å². The van der Waals surface area contributed by atoms with Gasteiger partial charge in [-0.1, -0.05) is 0 Å². The van der Waals surface area contributed by atoms with Crippen molar-refractivity contribution >= 4 is 10.0 Å². The van der Waals surface area contributed by atoms with Gasteiger partial charge in [-0.3, -0.25) is 5.73 Å². The third-order valence-corrected chi connectivity index (χ3v) is 1.71. The van der Waals surface area contributed by atoms with E-state index < -0.39 is 10.0 Å². The van der Waals surface area contributed by atoms with Crippen LogP contribution in [0.3, 0.4) is 0 Å². The van der Waals surface area contributed by atoms with E-state index in [1.165, 1.54) is 0 Å². The lowest BCUT2D eigenvalue weighted by molar-refractivity contribution is 0.593. The molecule has 0 aliphatic rings. The second-order valence-corrected chi connectivity index (χ2v) is 3.56. The quantitative estimate of drug-likeness (QED) is 0.541. The van der Waals surface area contributed by atoms with Crippen molar-refractivity contribution in [3.8, 4) is 0 Å². The molecular formula is C4H11N2O2S. The highest BCUT2D eigenvalue weighted by atomic mass is 32.2. The number of hydrogen-bond acceptors (Lipinski definition) is 2. The van der Waals surface area contributed by atoms with Crippen LogP contribution in [0.2, 0.25) is 0 Å². The maximum atomic E-state index is 10.2. The van der Waals surface area contributed by atoms with E-state index in [2.05, 4.69) is 5.14 Å². The topological polar surface area (TPSA) is 84.0 Å². The maximum absolute atomic E-state index is 10.2. The first-order chi connectivity index (χ1) is 4.06. The molecule has 55 valence electrons. The molecule has 0 bridgehead atoms. The first kappa shape index (κ1) is 8.87. The molecular weight excluding hydrogens is 140 g/mol. The number of hydrogen-bond donors (Lipinski definition) is 1.